The lowest BCUT2D eigenvalue weighted by molar-refractivity contribution is 0.265. The van der Waals surface area contributed by atoms with Crippen molar-refractivity contribution >= 4 is 16.0 Å². The Labute approximate surface area is 182 Å². The molecule has 2 aromatic carbocycles. The molecular weight excluding hydrogens is 424 g/mol. The van der Waals surface area contributed by atoms with Crippen molar-refractivity contribution in [3.8, 4) is 23.0 Å². The highest BCUT2D eigenvalue weighted by Crippen LogP contribution is 2.36. The van der Waals surface area contributed by atoms with E-state index in [9.17, 15) is 8.42 Å². The van der Waals surface area contributed by atoms with Crippen molar-refractivity contribution in [1.82, 2.24) is 0 Å². The number of nitrogens with two attached hydrogens (primary N) is 1. The Kier molecular flexibility index (Phi) is 9.41. The van der Waals surface area contributed by atoms with Gasteiger partial charge in [-0.3, -0.25) is 4.55 Å². The molecule has 0 aromatic heterocycles. The number of amidine groups is 1. The van der Waals surface area contributed by atoms with E-state index in [2.05, 4.69) is 4.99 Å². The van der Waals surface area contributed by atoms with Gasteiger partial charge in [0.05, 0.1) is 27.4 Å². The van der Waals surface area contributed by atoms with Gasteiger partial charge >= 0.3 is 0 Å². The second kappa shape index (κ2) is 12.0. The molecule has 2 rings (SSSR count). The Hall–Kier alpha value is -2.98. The molecular formula is C21H28N2O7S. The number of aliphatic imine (C=N–C) groups is 1. The lowest BCUT2D eigenvalue weighted by atomic mass is 10.2. The summed E-state index contributed by atoms with van der Waals surface area (Å²) in [7, 11) is -1.03. The minimum atomic E-state index is -4.19. The summed E-state index contributed by atoms with van der Waals surface area (Å²) in [5, 5.41) is 0. The number of para-hydroxylation sites is 1. The van der Waals surface area contributed by atoms with Gasteiger partial charge in [-0.2, -0.15) is 8.42 Å². The predicted octanol–water partition coefficient (Wildman–Crippen LogP) is 2.88. The van der Waals surface area contributed by atoms with Gasteiger partial charge in [0.2, 0.25) is 5.75 Å². The zero-order valence-corrected chi connectivity index (χ0v) is 18.4. The molecule has 0 saturated heterocycles. The van der Waals surface area contributed by atoms with E-state index in [0.717, 1.165) is 19.3 Å². The second-order valence-corrected chi connectivity index (χ2v) is 7.95. The van der Waals surface area contributed by atoms with Crippen LogP contribution in [0.4, 0.5) is 0 Å². The standard InChI is InChI=1S/C21H28N2O7S/c1-27-18-7-6-8-19(20(18)28-2)30-14-5-3-4-13-29-17-11-9-16(10-12-17)21(22)23-15-31(24,25)26/h6-12H,3-5,13-15H2,1-2H3,(H2,22,23)(H,24,25,26). The van der Waals surface area contributed by atoms with Gasteiger partial charge < -0.3 is 24.7 Å². The quantitative estimate of drug-likeness (QED) is 0.205. The minimum absolute atomic E-state index is 0.0249. The maximum absolute atomic E-state index is 10.7. The highest BCUT2D eigenvalue weighted by atomic mass is 32.2. The first-order valence-corrected chi connectivity index (χ1v) is 11.3. The van der Waals surface area contributed by atoms with Crippen molar-refractivity contribution in [1.29, 1.82) is 0 Å². The summed E-state index contributed by atoms with van der Waals surface area (Å²) >= 11 is 0. The van der Waals surface area contributed by atoms with E-state index in [4.69, 9.17) is 29.2 Å². The van der Waals surface area contributed by atoms with Crippen LogP contribution in [0.25, 0.3) is 0 Å². The fourth-order valence-corrected chi connectivity index (χ4v) is 2.99. The van der Waals surface area contributed by atoms with Crippen LogP contribution in [-0.2, 0) is 10.1 Å². The van der Waals surface area contributed by atoms with Crippen LogP contribution in [0.5, 0.6) is 23.0 Å². The minimum Gasteiger partial charge on any atom is -0.494 e. The Bertz CT molecular complexity index is 960. The second-order valence-electron chi connectivity index (χ2n) is 6.53. The van der Waals surface area contributed by atoms with E-state index in [0.29, 0.717) is 41.8 Å². The molecule has 0 bridgehead atoms. The molecule has 31 heavy (non-hydrogen) atoms. The molecule has 0 aliphatic rings. The van der Waals surface area contributed by atoms with Crippen LogP contribution >= 0.6 is 0 Å². The highest BCUT2D eigenvalue weighted by Gasteiger charge is 2.10. The third-order valence-corrected chi connectivity index (χ3v) is 4.69. The average molecular weight is 453 g/mol. The number of ether oxygens (including phenoxy) is 4. The first kappa shape index (κ1) is 24.3. The van der Waals surface area contributed by atoms with E-state index in [1.54, 1.807) is 38.5 Å². The van der Waals surface area contributed by atoms with E-state index >= 15 is 0 Å². The molecule has 0 spiro atoms. The number of rotatable bonds is 13. The predicted molar refractivity (Wildman–Crippen MR) is 118 cm³/mol. The number of hydrogen-bond acceptors (Lipinski definition) is 7. The molecule has 10 heteroatoms. The maximum Gasteiger partial charge on any atom is 0.285 e. The Morgan fingerprint density at radius 1 is 0.935 bits per heavy atom. The number of nitrogens with zero attached hydrogens (tertiary/aromatic N) is 1. The van der Waals surface area contributed by atoms with Gasteiger partial charge in [-0.25, -0.2) is 4.99 Å². The van der Waals surface area contributed by atoms with Crippen molar-refractivity contribution in [2.75, 3.05) is 33.3 Å². The number of hydrogen-bond donors (Lipinski definition) is 2. The third kappa shape index (κ3) is 8.35. The van der Waals surface area contributed by atoms with Crippen LogP contribution in [0.3, 0.4) is 0 Å². The molecule has 2 aromatic rings. The normalized spacial score (nSPS) is 11.8. The third-order valence-electron chi connectivity index (χ3n) is 4.23. The number of unbranched alkanes of at least 4 members (excludes halogenated alkanes) is 2. The Balaban J connectivity index is 1.68. The molecule has 0 aliphatic carbocycles. The van der Waals surface area contributed by atoms with Gasteiger partial charge in [-0.1, -0.05) is 6.07 Å². The summed E-state index contributed by atoms with van der Waals surface area (Å²) in [5.41, 5.74) is 6.25. The SMILES string of the molecule is COc1cccc(OCCCCCOc2ccc(C(N)=NCS(=O)(=O)O)cc2)c1OC. The molecule has 9 nitrogen and oxygen atoms in total. The zero-order chi connectivity index (χ0) is 22.7. The van der Waals surface area contributed by atoms with Gasteiger partial charge in [-0.15, -0.1) is 0 Å². The molecule has 0 amide bonds. The van der Waals surface area contributed by atoms with Crippen LogP contribution < -0.4 is 24.7 Å². The fraction of sp³-hybridized carbons (Fsp3) is 0.381. The molecule has 0 fully saturated rings. The van der Waals surface area contributed by atoms with Crippen molar-refractivity contribution in [3.05, 3.63) is 48.0 Å². The average Bonchev–Trinajstić information content (AvgIpc) is 2.76. The van der Waals surface area contributed by atoms with Crippen molar-refractivity contribution in [3.63, 3.8) is 0 Å². The van der Waals surface area contributed by atoms with E-state index in [-0.39, 0.29) is 5.84 Å². The summed E-state index contributed by atoms with van der Waals surface area (Å²) in [4.78, 5) is 3.63. The van der Waals surface area contributed by atoms with Gasteiger partial charge in [0.1, 0.15) is 11.6 Å². The van der Waals surface area contributed by atoms with E-state index in [1.807, 2.05) is 18.2 Å². The maximum atomic E-state index is 10.7. The largest absolute Gasteiger partial charge is 0.494 e. The molecule has 0 saturated carbocycles. The Morgan fingerprint density at radius 2 is 1.58 bits per heavy atom. The topological polar surface area (TPSA) is 130 Å². The molecule has 0 radical (unpaired) electrons. The summed E-state index contributed by atoms with van der Waals surface area (Å²) in [5.74, 6) is 1.79. The van der Waals surface area contributed by atoms with Gasteiger partial charge in [0.25, 0.3) is 10.1 Å². The summed E-state index contributed by atoms with van der Waals surface area (Å²) < 4.78 is 52.2. The first-order valence-electron chi connectivity index (χ1n) is 9.66. The molecule has 170 valence electrons. The van der Waals surface area contributed by atoms with Crippen LogP contribution in [0.15, 0.2) is 47.5 Å². The Morgan fingerprint density at radius 3 is 2.19 bits per heavy atom. The lowest BCUT2D eigenvalue weighted by Gasteiger charge is -2.13. The van der Waals surface area contributed by atoms with Crippen molar-refractivity contribution < 1.29 is 31.9 Å². The molecule has 0 aliphatic heterocycles. The number of benzene rings is 2. The van der Waals surface area contributed by atoms with Crippen LogP contribution in [0.2, 0.25) is 0 Å². The van der Waals surface area contributed by atoms with Crippen molar-refractivity contribution in [2.24, 2.45) is 10.7 Å². The first-order chi connectivity index (χ1) is 14.8. The monoisotopic (exact) mass is 452 g/mol. The summed E-state index contributed by atoms with van der Waals surface area (Å²) in [6, 6.07) is 12.3. The van der Waals surface area contributed by atoms with Crippen LogP contribution in [0, 0.1) is 0 Å². The summed E-state index contributed by atoms with van der Waals surface area (Å²) in [6.07, 6.45) is 2.65. The zero-order valence-electron chi connectivity index (χ0n) is 17.6. The molecule has 0 heterocycles. The fourth-order valence-electron chi connectivity index (χ4n) is 2.69. The smallest absolute Gasteiger partial charge is 0.285 e. The van der Waals surface area contributed by atoms with Gasteiger partial charge in [0.15, 0.2) is 17.4 Å². The van der Waals surface area contributed by atoms with E-state index in [1.165, 1.54) is 0 Å². The number of methoxy groups -OCH3 is 2. The van der Waals surface area contributed by atoms with Gasteiger partial charge in [0, 0.05) is 5.56 Å². The molecule has 0 atom stereocenters. The van der Waals surface area contributed by atoms with E-state index < -0.39 is 16.0 Å². The van der Waals surface area contributed by atoms with Gasteiger partial charge in [-0.05, 0) is 55.7 Å². The highest BCUT2D eigenvalue weighted by molar-refractivity contribution is 7.85. The van der Waals surface area contributed by atoms with Crippen molar-refractivity contribution in [2.45, 2.75) is 19.3 Å². The van der Waals surface area contributed by atoms with Crippen LogP contribution in [0.1, 0.15) is 24.8 Å². The molecule has 0 unspecified atom stereocenters. The lowest BCUT2D eigenvalue weighted by Crippen LogP contribution is -2.16. The summed E-state index contributed by atoms with van der Waals surface area (Å²) in [6.45, 7) is 1.11. The van der Waals surface area contributed by atoms with Crippen LogP contribution in [-0.4, -0.2) is 52.1 Å². The molecule has 3 N–H and O–H groups in total.